The topological polar surface area (TPSA) is 84.0 Å². The first-order chi connectivity index (χ1) is 10.1. The lowest BCUT2D eigenvalue weighted by molar-refractivity contribution is -0.114. The quantitative estimate of drug-likeness (QED) is 0.902. The van der Waals surface area contributed by atoms with Crippen LogP contribution in [0.5, 0.6) is 0 Å². The molecule has 1 aromatic heterocycles. The molecule has 0 atom stereocenters. The van der Waals surface area contributed by atoms with Gasteiger partial charge < -0.3 is 10.6 Å². The van der Waals surface area contributed by atoms with Crippen LogP contribution in [0.4, 0.5) is 11.4 Å². The Bertz CT molecular complexity index is 653. The minimum Gasteiger partial charge on any atom is -0.326 e. The van der Waals surface area contributed by atoms with Gasteiger partial charge in [0.15, 0.2) is 0 Å². The third-order valence-electron chi connectivity index (χ3n) is 2.78. The molecule has 1 aromatic carbocycles. The van der Waals surface area contributed by atoms with Crippen molar-refractivity contribution < 1.29 is 9.59 Å². The van der Waals surface area contributed by atoms with Crippen LogP contribution in [0.1, 0.15) is 30.0 Å². The molecular formula is C15H16N4O2. The van der Waals surface area contributed by atoms with Crippen LogP contribution in [0.15, 0.2) is 36.7 Å². The van der Waals surface area contributed by atoms with Crippen LogP contribution < -0.4 is 10.6 Å². The van der Waals surface area contributed by atoms with Gasteiger partial charge in [0.2, 0.25) is 5.91 Å². The molecular weight excluding hydrogens is 268 g/mol. The summed E-state index contributed by atoms with van der Waals surface area (Å²) in [4.78, 5) is 31.0. The van der Waals surface area contributed by atoms with Crippen LogP contribution in [-0.4, -0.2) is 21.8 Å². The fraction of sp³-hybridized carbons (Fsp3) is 0.200. The van der Waals surface area contributed by atoms with E-state index in [4.69, 9.17) is 0 Å². The Hall–Kier alpha value is -2.76. The van der Waals surface area contributed by atoms with E-state index in [-0.39, 0.29) is 11.8 Å². The summed E-state index contributed by atoms with van der Waals surface area (Å²) in [6.07, 6.45) is 2.13. The highest BCUT2D eigenvalue weighted by atomic mass is 16.2. The van der Waals surface area contributed by atoms with Gasteiger partial charge in [-0.3, -0.25) is 9.59 Å². The zero-order valence-electron chi connectivity index (χ0n) is 11.9. The molecule has 0 bridgehead atoms. The first kappa shape index (κ1) is 14.6. The second kappa shape index (κ2) is 6.60. The predicted octanol–water partition coefficient (Wildman–Crippen LogP) is 2.25. The summed E-state index contributed by atoms with van der Waals surface area (Å²) >= 11 is 0. The van der Waals surface area contributed by atoms with Crippen molar-refractivity contribution in [1.29, 1.82) is 0 Å². The number of amides is 2. The number of hydrogen-bond acceptors (Lipinski definition) is 4. The number of nitrogens with zero attached hydrogens (tertiary/aromatic N) is 2. The van der Waals surface area contributed by atoms with Gasteiger partial charge in [0.05, 0.1) is 0 Å². The summed E-state index contributed by atoms with van der Waals surface area (Å²) in [6, 6.07) is 8.53. The van der Waals surface area contributed by atoms with Crippen molar-refractivity contribution >= 4 is 23.2 Å². The van der Waals surface area contributed by atoms with Crippen molar-refractivity contribution in [2.75, 3.05) is 10.6 Å². The monoisotopic (exact) mass is 284 g/mol. The highest BCUT2D eigenvalue weighted by Crippen LogP contribution is 2.14. The van der Waals surface area contributed by atoms with E-state index in [1.807, 2.05) is 6.92 Å². The highest BCUT2D eigenvalue weighted by Gasteiger charge is 2.08. The fourth-order valence-corrected chi connectivity index (χ4v) is 1.75. The summed E-state index contributed by atoms with van der Waals surface area (Å²) in [5.41, 5.74) is 2.45. The maximum absolute atomic E-state index is 12.1. The largest absolute Gasteiger partial charge is 0.326 e. The van der Waals surface area contributed by atoms with Crippen LogP contribution in [0.3, 0.4) is 0 Å². The molecule has 0 spiro atoms. The van der Waals surface area contributed by atoms with Crippen LogP contribution in [-0.2, 0) is 11.2 Å². The molecule has 0 saturated carbocycles. The average molecular weight is 284 g/mol. The molecule has 1 heterocycles. The van der Waals surface area contributed by atoms with Gasteiger partial charge in [-0.05, 0) is 36.8 Å². The molecule has 2 rings (SSSR count). The molecule has 6 nitrogen and oxygen atoms in total. The van der Waals surface area contributed by atoms with Crippen molar-refractivity contribution in [3.05, 3.63) is 48.0 Å². The summed E-state index contributed by atoms with van der Waals surface area (Å²) in [5.74, 6) is -0.431. The minimum atomic E-state index is -0.292. The molecule has 108 valence electrons. The van der Waals surface area contributed by atoms with Gasteiger partial charge >= 0.3 is 0 Å². The first-order valence-corrected chi connectivity index (χ1v) is 6.58. The molecule has 0 aliphatic heterocycles. The number of carbonyl (C=O) groups is 2. The van der Waals surface area contributed by atoms with E-state index < -0.39 is 0 Å². The zero-order chi connectivity index (χ0) is 15.2. The van der Waals surface area contributed by atoms with Gasteiger partial charge in [0.25, 0.3) is 5.91 Å². The van der Waals surface area contributed by atoms with Gasteiger partial charge in [-0.1, -0.05) is 6.92 Å². The Morgan fingerprint density at radius 2 is 1.67 bits per heavy atom. The number of carbonyl (C=O) groups excluding carboxylic acids is 2. The van der Waals surface area contributed by atoms with Crippen molar-refractivity contribution in [3.63, 3.8) is 0 Å². The molecule has 6 heteroatoms. The van der Waals surface area contributed by atoms with E-state index >= 15 is 0 Å². The summed E-state index contributed by atoms with van der Waals surface area (Å²) < 4.78 is 0. The molecule has 0 radical (unpaired) electrons. The Morgan fingerprint density at radius 3 is 2.24 bits per heavy atom. The fourth-order valence-electron chi connectivity index (χ4n) is 1.75. The second-order valence-corrected chi connectivity index (χ2v) is 4.46. The van der Waals surface area contributed by atoms with Gasteiger partial charge in [-0.25, -0.2) is 9.97 Å². The molecule has 0 fully saturated rings. The lowest BCUT2D eigenvalue weighted by Crippen LogP contribution is -2.14. The van der Waals surface area contributed by atoms with Crippen LogP contribution in [0, 0.1) is 0 Å². The molecule has 2 amide bonds. The van der Waals surface area contributed by atoms with Gasteiger partial charge in [-0.15, -0.1) is 0 Å². The average Bonchev–Trinajstić information content (AvgIpc) is 2.49. The van der Waals surface area contributed by atoms with Crippen LogP contribution in [0.2, 0.25) is 0 Å². The Morgan fingerprint density at radius 1 is 1.05 bits per heavy atom. The van der Waals surface area contributed by atoms with Crippen molar-refractivity contribution in [1.82, 2.24) is 9.97 Å². The molecule has 0 aliphatic carbocycles. The van der Waals surface area contributed by atoms with E-state index in [0.717, 1.165) is 12.1 Å². The van der Waals surface area contributed by atoms with E-state index in [0.29, 0.717) is 17.1 Å². The minimum absolute atomic E-state index is 0.139. The van der Waals surface area contributed by atoms with Crippen molar-refractivity contribution in [3.8, 4) is 0 Å². The lowest BCUT2D eigenvalue weighted by atomic mass is 10.2. The summed E-state index contributed by atoms with van der Waals surface area (Å²) in [6.45, 7) is 3.40. The number of hydrogen-bond donors (Lipinski definition) is 2. The smallest absolute Gasteiger partial charge is 0.274 e. The van der Waals surface area contributed by atoms with E-state index in [2.05, 4.69) is 20.6 Å². The van der Waals surface area contributed by atoms with E-state index in [1.54, 1.807) is 30.3 Å². The van der Waals surface area contributed by atoms with Gasteiger partial charge in [0, 0.05) is 24.0 Å². The molecule has 2 N–H and O–H groups in total. The zero-order valence-corrected chi connectivity index (χ0v) is 11.9. The number of rotatable bonds is 4. The predicted molar refractivity (Wildman–Crippen MR) is 80.1 cm³/mol. The van der Waals surface area contributed by atoms with Crippen molar-refractivity contribution in [2.45, 2.75) is 20.3 Å². The van der Waals surface area contributed by atoms with E-state index in [1.165, 1.54) is 13.3 Å². The summed E-state index contributed by atoms with van der Waals surface area (Å²) in [7, 11) is 0. The third kappa shape index (κ3) is 4.10. The number of anilines is 2. The number of aryl methyl sites for hydroxylation is 1. The Balaban J connectivity index is 2.06. The highest BCUT2D eigenvalue weighted by molar-refractivity contribution is 6.03. The van der Waals surface area contributed by atoms with Crippen molar-refractivity contribution in [2.24, 2.45) is 0 Å². The Labute approximate surface area is 122 Å². The molecule has 21 heavy (non-hydrogen) atoms. The second-order valence-electron chi connectivity index (χ2n) is 4.46. The normalized spacial score (nSPS) is 10.0. The van der Waals surface area contributed by atoms with Crippen LogP contribution >= 0.6 is 0 Å². The lowest BCUT2D eigenvalue weighted by Gasteiger charge is -2.07. The maximum atomic E-state index is 12.1. The van der Waals surface area contributed by atoms with E-state index in [9.17, 15) is 9.59 Å². The Kier molecular flexibility index (Phi) is 4.61. The third-order valence-corrected chi connectivity index (χ3v) is 2.78. The first-order valence-electron chi connectivity index (χ1n) is 6.58. The number of benzene rings is 1. The number of aromatic nitrogens is 2. The standard InChI is InChI=1S/C15H16N4O2/c1-3-11-8-14(17-9-16-11)15(21)19-13-6-4-12(5-7-13)18-10(2)20/h4-9H,3H2,1-2H3,(H,18,20)(H,19,21). The van der Waals surface area contributed by atoms with Crippen LogP contribution in [0.25, 0.3) is 0 Å². The molecule has 2 aromatic rings. The molecule has 0 aliphatic rings. The van der Waals surface area contributed by atoms with Gasteiger partial charge in [0.1, 0.15) is 12.0 Å². The number of nitrogens with one attached hydrogen (secondary N) is 2. The maximum Gasteiger partial charge on any atom is 0.274 e. The van der Waals surface area contributed by atoms with Gasteiger partial charge in [-0.2, -0.15) is 0 Å². The molecule has 0 unspecified atom stereocenters. The summed E-state index contributed by atoms with van der Waals surface area (Å²) in [5, 5.41) is 5.41. The SMILES string of the molecule is CCc1cc(C(=O)Nc2ccc(NC(C)=O)cc2)ncn1. The molecule has 0 saturated heterocycles.